The van der Waals surface area contributed by atoms with E-state index in [4.69, 9.17) is 9.52 Å². The number of aryl methyl sites for hydroxylation is 1. The van der Waals surface area contributed by atoms with Crippen molar-refractivity contribution in [1.29, 1.82) is 0 Å². The molecule has 0 bridgehead atoms. The minimum Gasteiger partial charge on any atom is -0.477 e. The first-order valence-electron chi connectivity index (χ1n) is 4.58. The smallest absolute Gasteiger partial charge is 0.341 e. The van der Waals surface area contributed by atoms with E-state index in [0.29, 0.717) is 17.2 Å². The molecule has 0 aliphatic carbocycles. The quantitative estimate of drug-likeness (QED) is 0.818. The summed E-state index contributed by atoms with van der Waals surface area (Å²) < 4.78 is 7.09. The number of aromatic carboxylic acids is 1. The Morgan fingerprint density at radius 2 is 1.93 bits per heavy atom. The number of aromatic nitrogens is 1. The normalized spacial score (nSPS) is 10.5. The molecule has 1 N–H and O–H groups in total. The predicted octanol–water partition coefficient (Wildman–Crippen LogP) is 2.39. The fourth-order valence-corrected chi connectivity index (χ4v) is 1.51. The zero-order valence-electron chi connectivity index (χ0n) is 8.52. The van der Waals surface area contributed by atoms with Crippen LogP contribution in [0.4, 0.5) is 0 Å². The van der Waals surface area contributed by atoms with Gasteiger partial charge in [0.15, 0.2) is 0 Å². The van der Waals surface area contributed by atoms with Crippen molar-refractivity contribution in [2.24, 2.45) is 0 Å². The Morgan fingerprint density at radius 1 is 1.33 bits per heavy atom. The minimum absolute atomic E-state index is 0.226. The first-order chi connectivity index (χ1) is 7.11. The number of hydrogen-bond acceptors (Lipinski definition) is 2. The molecule has 0 aliphatic heterocycles. The van der Waals surface area contributed by atoms with E-state index < -0.39 is 5.97 Å². The Hall–Kier alpha value is -1.97. The zero-order valence-corrected chi connectivity index (χ0v) is 8.52. The Morgan fingerprint density at radius 3 is 2.47 bits per heavy atom. The molecule has 0 aliphatic rings. The van der Waals surface area contributed by atoms with Crippen LogP contribution in [-0.2, 0) is 0 Å². The van der Waals surface area contributed by atoms with Gasteiger partial charge in [0.05, 0.1) is 0 Å². The molecule has 2 rings (SSSR count). The summed E-state index contributed by atoms with van der Waals surface area (Å²) in [4.78, 5) is 11.1. The van der Waals surface area contributed by atoms with Crippen molar-refractivity contribution < 1.29 is 14.3 Å². The Balaban J connectivity index is 2.67. The fourth-order valence-electron chi connectivity index (χ4n) is 1.51. The maximum absolute atomic E-state index is 11.1. The molecule has 2 aromatic rings. The third-order valence-corrected chi connectivity index (χ3v) is 2.42. The van der Waals surface area contributed by atoms with Crippen LogP contribution in [0.5, 0.6) is 0 Å². The summed E-state index contributed by atoms with van der Waals surface area (Å²) in [6.45, 7) is 3.50. The van der Waals surface area contributed by atoms with E-state index in [1.54, 1.807) is 30.8 Å². The van der Waals surface area contributed by atoms with Crippen LogP contribution < -0.4 is 0 Å². The molecule has 2 heterocycles. The summed E-state index contributed by atoms with van der Waals surface area (Å²) in [5.41, 5.74) is 0.898. The summed E-state index contributed by atoms with van der Waals surface area (Å²) in [5, 5.41) is 9.09. The molecule has 0 spiro atoms. The first-order valence-corrected chi connectivity index (χ1v) is 4.58. The first kappa shape index (κ1) is 9.58. The van der Waals surface area contributed by atoms with Crippen molar-refractivity contribution in [1.82, 2.24) is 4.57 Å². The van der Waals surface area contributed by atoms with Crippen molar-refractivity contribution in [3.8, 4) is 5.88 Å². The third-order valence-electron chi connectivity index (χ3n) is 2.42. The van der Waals surface area contributed by atoms with Crippen LogP contribution in [0.15, 0.2) is 28.9 Å². The van der Waals surface area contributed by atoms with Gasteiger partial charge in [-0.25, -0.2) is 4.79 Å². The average Bonchev–Trinajstić information content (AvgIpc) is 2.75. The summed E-state index contributed by atoms with van der Waals surface area (Å²) in [6.07, 6.45) is 3.51. The lowest BCUT2D eigenvalue weighted by Crippen LogP contribution is -2.02. The molecule has 0 fully saturated rings. The number of carbonyl (C=O) groups is 1. The lowest BCUT2D eigenvalue weighted by molar-refractivity contribution is 0.0695. The molecule has 15 heavy (non-hydrogen) atoms. The van der Waals surface area contributed by atoms with Crippen molar-refractivity contribution in [3.05, 3.63) is 41.4 Å². The average molecular weight is 205 g/mol. The minimum atomic E-state index is -0.965. The van der Waals surface area contributed by atoms with Gasteiger partial charge < -0.3 is 9.52 Å². The van der Waals surface area contributed by atoms with Crippen molar-refractivity contribution in [3.63, 3.8) is 0 Å². The van der Waals surface area contributed by atoms with E-state index in [2.05, 4.69) is 0 Å². The van der Waals surface area contributed by atoms with Crippen LogP contribution in [-0.4, -0.2) is 15.6 Å². The summed E-state index contributed by atoms with van der Waals surface area (Å²) >= 11 is 0. The lowest BCUT2D eigenvalue weighted by Gasteiger charge is -1.99. The molecular weight excluding hydrogens is 194 g/mol. The highest BCUT2D eigenvalue weighted by Crippen LogP contribution is 2.24. The highest BCUT2D eigenvalue weighted by Gasteiger charge is 2.21. The van der Waals surface area contributed by atoms with Gasteiger partial charge in [-0.3, -0.25) is 4.57 Å². The molecule has 0 aromatic carbocycles. The SMILES string of the molecule is Cc1oc(-n2cccc2)c(C(=O)O)c1C. The fraction of sp³-hybridized carbons (Fsp3) is 0.182. The third kappa shape index (κ3) is 1.44. The second-order valence-electron chi connectivity index (χ2n) is 3.36. The number of carboxylic acids is 1. The molecule has 0 saturated carbocycles. The van der Waals surface area contributed by atoms with Crippen molar-refractivity contribution in [2.75, 3.05) is 0 Å². The van der Waals surface area contributed by atoms with Gasteiger partial charge in [-0.1, -0.05) is 0 Å². The number of nitrogens with zero attached hydrogens (tertiary/aromatic N) is 1. The van der Waals surface area contributed by atoms with Gasteiger partial charge in [0, 0.05) is 18.0 Å². The van der Waals surface area contributed by atoms with E-state index in [0.717, 1.165) is 0 Å². The standard InChI is InChI=1S/C11H11NO3/c1-7-8(2)15-10(9(7)11(13)14)12-5-3-4-6-12/h3-6H,1-2H3,(H,13,14). The summed E-state index contributed by atoms with van der Waals surface area (Å²) in [6, 6.07) is 3.64. The maximum atomic E-state index is 11.1. The number of furan rings is 1. The molecule has 4 heteroatoms. The van der Waals surface area contributed by atoms with E-state index in [1.807, 2.05) is 12.1 Å². The Labute approximate surface area is 86.8 Å². The number of rotatable bonds is 2. The van der Waals surface area contributed by atoms with Gasteiger partial charge in [-0.15, -0.1) is 0 Å². The van der Waals surface area contributed by atoms with Gasteiger partial charge in [0.1, 0.15) is 11.3 Å². The van der Waals surface area contributed by atoms with Crippen LogP contribution in [0.1, 0.15) is 21.7 Å². The molecule has 0 atom stereocenters. The van der Waals surface area contributed by atoms with E-state index in [9.17, 15) is 4.79 Å². The monoisotopic (exact) mass is 205 g/mol. The van der Waals surface area contributed by atoms with Crippen LogP contribution in [0, 0.1) is 13.8 Å². The van der Waals surface area contributed by atoms with Gasteiger partial charge >= 0.3 is 5.97 Å². The number of hydrogen-bond donors (Lipinski definition) is 1. The van der Waals surface area contributed by atoms with Gasteiger partial charge in [0.2, 0.25) is 5.88 Å². The molecule has 0 radical (unpaired) electrons. The van der Waals surface area contributed by atoms with Crippen LogP contribution in [0.25, 0.3) is 5.88 Å². The molecule has 0 unspecified atom stereocenters. The van der Waals surface area contributed by atoms with E-state index >= 15 is 0 Å². The van der Waals surface area contributed by atoms with Crippen molar-refractivity contribution in [2.45, 2.75) is 13.8 Å². The highest BCUT2D eigenvalue weighted by molar-refractivity contribution is 5.93. The second kappa shape index (κ2) is 3.31. The Bertz CT molecular complexity index is 494. The van der Waals surface area contributed by atoms with Crippen molar-refractivity contribution >= 4 is 5.97 Å². The molecule has 0 amide bonds. The largest absolute Gasteiger partial charge is 0.477 e. The molecule has 0 saturated heterocycles. The van der Waals surface area contributed by atoms with Gasteiger partial charge in [-0.2, -0.15) is 0 Å². The van der Waals surface area contributed by atoms with Crippen LogP contribution >= 0.6 is 0 Å². The topological polar surface area (TPSA) is 55.4 Å². The Kier molecular flexibility index (Phi) is 2.11. The second-order valence-corrected chi connectivity index (χ2v) is 3.36. The zero-order chi connectivity index (χ0) is 11.0. The highest BCUT2D eigenvalue weighted by atomic mass is 16.4. The van der Waals surface area contributed by atoms with Crippen LogP contribution in [0.3, 0.4) is 0 Å². The summed E-state index contributed by atoms with van der Waals surface area (Å²) in [7, 11) is 0. The maximum Gasteiger partial charge on any atom is 0.341 e. The summed E-state index contributed by atoms with van der Waals surface area (Å²) in [5.74, 6) is 0.0339. The van der Waals surface area contributed by atoms with E-state index in [-0.39, 0.29) is 5.56 Å². The van der Waals surface area contributed by atoms with Crippen LogP contribution in [0.2, 0.25) is 0 Å². The molecule has 4 nitrogen and oxygen atoms in total. The molecule has 2 aromatic heterocycles. The lowest BCUT2D eigenvalue weighted by atomic mass is 10.1. The molecule has 78 valence electrons. The number of carboxylic acid groups (broad SMARTS) is 1. The molecular formula is C11H11NO3. The van der Waals surface area contributed by atoms with E-state index in [1.165, 1.54) is 0 Å². The van der Waals surface area contributed by atoms with Gasteiger partial charge in [-0.05, 0) is 26.0 Å². The van der Waals surface area contributed by atoms with Gasteiger partial charge in [0.25, 0.3) is 0 Å². The predicted molar refractivity (Wildman–Crippen MR) is 54.5 cm³/mol.